The first-order valence-electron chi connectivity index (χ1n) is 9.86. The van der Waals surface area contributed by atoms with Gasteiger partial charge in [-0.1, -0.05) is 5.70 Å². The van der Waals surface area contributed by atoms with Crippen molar-refractivity contribution in [3.63, 3.8) is 0 Å². The van der Waals surface area contributed by atoms with E-state index in [9.17, 15) is 9.59 Å². The Hall–Kier alpha value is -0.989. The number of hydrogen-bond acceptors (Lipinski definition) is 5. The van der Waals surface area contributed by atoms with Gasteiger partial charge in [0.05, 0.1) is 6.67 Å². The molecule has 11 heteroatoms. The lowest BCUT2D eigenvalue weighted by atomic mass is 10.5. The Morgan fingerprint density at radius 1 is 0.964 bits per heavy atom. The van der Waals surface area contributed by atoms with Crippen LogP contribution in [0.1, 0.15) is 12.8 Å². The van der Waals surface area contributed by atoms with E-state index in [1.165, 1.54) is 0 Å². The summed E-state index contributed by atoms with van der Waals surface area (Å²) in [5.74, 6) is 0. The van der Waals surface area contributed by atoms with Crippen LogP contribution in [0.5, 0.6) is 0 Å². The van der Waals surface area contributed by atoms with E-state index in [-0.39, 0.29) is 12.7 Å². The topological polar surface area (TPSA) is 101 Å². The molecular formula is C17H40N4O4Si3. The summed E-state index contributed by atoms with van der Waals surface area (Å²) in [6.45, 7) is 16.6. The molecule has 28 heavy (non-hydrogen) atoms. The Morgan fingerprint density at radius 2 is 1.50 bits per heavy atom. The predicted molar refractivity (Wildman–Crippen MR) is 122 cm³/mol. The molecule has 1 unspecified atom stereocenters. The van der Waals surface area contributed by atoms with Crippen molar-refractivity contribution < 1.29 is 17.8 Å². The van der Waals surface area contributed by atoms with Crippen molar-refractivity contribution in [1.29, 1.82) is 0 Å². The molecule has 0 spiro atoms. The van der Waals surface area contributed by atoms with Gasteiger partial charge in [-0.15, -0.1) is 6.58 Å². The lowest BCUT2D eigenvalue weighted by Crippen LogP contribution is -2.53. The van der Waals surface area contributed by atoms with E-state index in [1.807, 2.05) is 12.7 Å². The molecule has 0 aromatic heterocycles. The zero-order chi connectivity index (χ0) is 21.7. The summed E-state index contributed by atoms with van der Waals surface area (Å²) in [6, 6.07) is 1.72. The molecule has 0 aromatic rings. The molecule has 4 N–H and O–H groups in total. The van der Waals surface area contributed by atoms with Crippen LogP contribution in [0.2, 0.25) is 44.8 Å². The lowest BCUT2D eigenvalue weighted by molar-refractivity contribution is -0.109. The first kappa shape index (κ1) is 27.0. The van der Waals surface area contributed by atoms with Gasteiger partial charge in [-0.05, 0) is 71.3 Å². The van der Waals surface area contributed by atoms with Crippen molar-refractivity contribution in [3.8, 4) is 0 Å². The van der Waals surface area contributed by atoms with E-state index < -0.39 is 25.2 Å². The van der Waals surface area contributed by atoms with Gasteiger partial charge < -0.3 is 29.5 Å². The maximum Gasteiger partial charge on any atom is 0.340 e. The molecule has 0 heterocycles. The van der Waals surface area contributed by atoms with Crippen LogP contribution in [-0.2, 0) is 13.0 Å². The summed E-state index contributed by atoms with van der Waals surface area (Å²) in [4.78, 5) is 21.7. The molecule has 0 aromatic carbocycles. The second-order valence-electron chi connectivity index (χ2n) is 8.19. The van der Waals surface area contributed by atoms with Gasteiger partial charge in [0.1, 0.15) is 0 Å². The van der Waals surface area contributed by atoms with E-state index in [0.29, 0.717) is 13.0 Å². The fraction of sp³-hybridized carbons (Fsp3) is 0.765. The summed E-state index contributed by atoms with van der Waals surface area (Å²) < 4.78 is 13.2. The van der Waals surface area contributed by atoms with Gasteiger partial charge in [-0.25, -0.2) is 4.79 Å². The van der Waals surface area contributed by atoms with Gasteiger partial charge in [-0.2, -0.15) is 0 Å². The van der Waals surface area contributed by atoms with Gasteiger partial charge in [0, 0.05) is 6.54 Å². The predicted octanol–water partition coefficient (Wildman–Crippen LogP) is 2.23. The highest BCUT2D eigenvalue weighted by Gasteiger charge is 2.40. The zero-order valence-electron chi connectivity index (χ0n) is 18.4. The number of hydrogen-bond donors (Lipinski definition) is 4. The first-order valence-corrected chi connectivity index (χ1v) is 18.5. The van der Waals surface area contributed by atoms with Crippen LogP contribution in [0.4, 0.5) is 4.79 Å². The quantitative estimate of drug-likeness (QED) is 0.126. The van der Waals surface area contributed by atoms with E-state index in [0.717, 1.165) is 31.5 Å². The maximum absolute atomic E-state index is 11.6. The molecule has 0 rings (SSSR count). The minimum atomic E-state index is -2.43. The largest absolute Gasteiger partial charge is 0.433 e. The second kappa shape index (κ2) is 13.3. The summed E-state index contributed by atoms with van der Waals surface area (Å²) in [5, 5.41) is 10.9. The van der Waals surface area contributed by atoms with E-state index in [2.05, 4.69) is 60.6 Å². The lowest BCUT2D eigenvalue weighted by Gasteiger charge is -2.39. The molecule has 0 saturated carbocycles. The van der Waals surface area contributed by atoms with Gasteiger partial charge in [0.2, 0.25) is 6.41 Å². The molecule has 0 radical (unpaired) electrons. The summed E-state index contributed by atoms with van der Waals surface area (Å²) in [5.41, 5.74) is 1.90. The fourth-order valence-electron chi connectivity index (χ4n) is 2.95. The monoisotopic (exact) mass is 448 g/mol. The summed E-state index contributed by atoms with van der Waals surface area (Å²) in [7, 11) is -4.23. The van der Waals surface area contributed by atoms with Crippen LogP contribution >= 0.6 is 0 Å². The van der Waals surface area contributed by atoms with Crippen molar-refractivity contribution in [3.05, 3.63) is 12.3 Å². The third-order valence-electron chi connectivity index (χ3n) is 4.21. The van der Waals surface area contributed by atoms with Crippen LogP contribution < -0.4 is 21.3 Å². The Morgan fingerprint density at radius 3 is 1.96 bits per heavy atom. The Bertz CT molecular complexity index is 495. The molecule has 0 aliphatic heterocycles. The molecule has 0 saturated heterocycles. The molecule has 164 valence electrons. The number of urea groups is 1. The molecule has 0 aliphatic carbocycles. The first-order chi connectivity index (χ1) is 13.0. The third-order valence-corrected chi connectivity index (χ3v) is 15.7. The summed E-state index contributed by atoms with van der Waals surface area (Å²) >= 11 is 0. The van der Waals surface area contributed by atoms with Crippen molar-refractivity contribution in [2.75, 3.05) is 26.8 Å². The van der Waals surface area contributed by atoms with Gasteiger partial charge in [0.25, 0.3) is 0 Å². The standard InChI is InChI=1S/C17H40N4O4Si3/c1-8-28(7,24-26(3,4)13-9-11-18-2)25-27(5,6)14-10-12-20-17(23)21-15-19-16-22/h8,16,18H,1,9-15H2,2-7H3,(H,19,22)(H2,20,21,23). The SMILES string of the molecule is C=C[Si](C)(O[Si](C)(C)CCCNC)O[Si](C)(C)CCCNC(=O)NCNC=O. The number of amides is 3. The minimum absolute atomic E-state index is 0.118. The van der Waals surface area contributed by atoms with Gasteiger partial charge in [0.15, 0.2) is 16.6 Å². The molecule has 3 amide bonds. The highest BCUT2D eigenvalue weighted by Crippen LogP contribution is 2.26. The van der Waals surface area contributed by atoms with Crippen molar-refractivity contribution in [1.82, 2.24) is 21.3 Å². The molecule has 8 nitrogen and oxygen atoms in total. The zero-order valence-corrected chi connectivity index (χ0v) is 21.4. The fourth-order valence-corrected chi connectivity index (χ4v) is 15.8. The number of rotatable bonds is 16. The highest BCUT2D eigenvalue weighted by molar-refractivity contribution is 6.90. The average molecular weight is 449 g/mol. The van der Waals surface area contributed by atoms with Crippen LogP contribution in [0.3, 0.4) is 0 Å². The van der Waals surface area contributed by atoms with Crippen LogP contribution in [-0.4, -0.2) is 64.4 Å². The van der Waals surface area contributed by atoms with Gasteiger partial charge in [-0.3, -0.25) is 4.79 Å². The Balaban J connectivity index is 4.46. The average Bonchev–Trinajstić information content (AvgIpc) is 2.58. The van der Waals surface area contributed by atoms with Crippen molar-refractivity contribution >= 4 is 37.6 Å². The second-order valence-corrected chi connectivity index (χ2v) is 20.3. The number of nitrogens with one attached hydrogen (secondary N) is 4. The number of carbonyl (C=O) groups excluding carboxylic acids is 2. The maximum atomic E-state index is 11.6. The Labute approximate surface area is 173 Å². The van der Waals surface area contributed by atoms with E-state index in [4.69, 9.17) is 8.23 Å². The molecule has 0 fully saturated rings. The van der Waals surface area contributed by atoms with Crippen LogP contribution in [0, 0.1) is 0 Å². The van der Waals surface area contributed by atoms with Gasteiger partial charge >= 0.3 is 14.6 Å². The van der Waals surface area contributed by atoms with Crippen LogP contribution in [0.15, 0.2) is 12.3 Å². The van der Waals surface area contributed by atoms with Crippen molar-refractivity contribution in [2.24, 2.45) is 0 Å². The molecule has 0 aliphatic rings. The van der Waals surface area contributed by atoms with E-state index in [1.54, 1.807) is 0 Å². The molecular weight excluding hydrogens is 408 g/mol. The summed E-state index contributed by atoms with van der Waals surface area (Å²) in [6.07, 6.45) is 2.48. The molecule has 0 bridgehead atoms. The third kappa shape index (κ3) is 13.2. The Kier molecular flexibility index (Phi) is 12.8. The molecule has 1 atom stereocenters. The minimum Gasteiger partial charge on any atom is -0.433 e. The van der Waals surface area contributed by atoms with E-state index >= 15 is 0 Å². The number of carbonyl (C=O) groups is 2. The van der Waals surface area contributed by atoms with Crippen LogP contribution in [0.25, 0.3) is 0 Å². The van der Waals surface area contributed by atoms with Crippen molar-refractivity contribution in [2.45, 2.75) is 57.7 Å². The highest BCUT2D eigenvalue weighted by atomic mass is 28.5. The normalized spacial score (nSPS) is 14.1. The smallest absolute Gasteiger partial charge is 0.340 e.